The number of hydrogen-bond acceptors (Lipinski definition) is 9. The number of ether oxygens (including phenoxy) is 5. The van der Waals surface area contributed by atoms with Crippen molar-refractivity contribution in [2.75, 3.05) is 39.6 Å². The number of ketones is 1. The third kappa shape index (κ3) is 11.4. The van der Waals surface area contributed by atoms with E-state index < -0.39 is 28.9 Å². The highest BCUT2D eigenvalue weighted by Crippen LogP contribution is 2.26. The molecule has 33 heavy (non-hydrogen) atoms. The fraction of sp³-hybridized carbons (Fsp3) is 0.500. The molecule has 0 rings (SSSR count). The molecule has 9 nitrogen and oxygen atoms in total. The van der Waals surface area contributed by atoms with E-state index in [9.17, 15) is 19.2 Å². The van der Waals surface area contributed by atoms with E-state index >= 15 is 0 Å². The summed E-state index contributed by atoms with van der Waals surface area (Å²) in [5.74, 6) is -2.26. The van der Waals surface area contributed by atoms with Gasteiger partial charge < -0.3 is 23.7 Å². The monoisotopic (exact) mass is 466 g/mol. The predicted molar refractivity (Wildman–Crippen MR) is 121 cm³/mol. The van der Waals surface area contributed by atoms with E-state index in [1.165, 1.54) is 0 Å². The molecule has 0 saturated heterocycles. The van der Waals surface area contributed by atoms with Crippen molar-refractivity contribution in [1.29, 1.82) is 0 Å². The molecule has 0 aromatic heterocycles. The van der Waals surface area contributed by atoms with Gasteiger partial charge in [0.1, 0.15) is 32.0 Å². The number of esters is 3. The van der Waals surface area contributed by atoms with E-state index in [4.69, 9.17) is 23.7 Å². The molecular weight excluding hydrogens is 432 g/mol. The second kappa shape index (κ2) is 15.7. The van der Waals surface area contributed by atoms with Gasteiger partial charge in [-0.2, -0.15) is 0 Å². The molecule has 1 atom stereocenters. The number of carbonyl (C=O) groups is 4. The van der Waals surface area contributed by atoms with Crippen molar-refractivity contribution in [2.24, 2.45) is 5.41 Å². The number of hydrogen-bond donors (Lipinski definition) is 0. The smallest absolute Gasteiger partial charge is 0.330 e. The zero-order chi connectivity index (χ0) is 25.3. The average molecular weight is 467 g/mol. The molecule has 184 valence electrons. The zero-order valence-corrected chi connectivity index (χ0v) is 19.5. The van der Waals surface area contributed by atoms with E-state index in [2.05, 4.69) is 26.3 Å². The van der Waals surface area contributed by atoms with E-state index in [0.717, 1.165) is 24.3 Å². The van der Waals surface area contributed by atoms with Crippen molar-refractivity contribution >= 4 is 23.7 Å². The van der Waals surface area contributed by atoms with Crippen LogP contribution in [0.1, 0.15) is 26.7 Å². The van der Waals surface area contributed by atoms with Gasteiger partial charge in [-0.15, -0.1) is 0 Å². The van der Waals surface area contributed by atoms with Gasteiger partial charge in [-0.1, -0.05) is 40.2 Å². The van der Waals surface area contributed by atoms with Crippen LogP contribution >= 0.6 is 0 Å². The van der Waals surface area contributed by atoms with Crippen molar-refractivity contribution in [3.63, 3.8) is 0 Å². The Morgan fingerprint density at radius 3 is 1.55 bits per heavy atom. The molecule has 0 radical (unpaired) electrons. The van der Waals surface area contributed by atoms with Gasteiger partial charge in [0.15, 0.2) is 5.78 Å². The van der Waals surface area contributed by atoms with Crippen LogP contribution in [-0.2, 0) is 42.9 Å². The average Bonchev–Trinajstić information content (AvgIpc) is 2.85. The lowest BCUT2D eigenvalue weighted by Crippen LogP contribution is -2.46. The Morgan fingerprint density at radius 1 is 0.667 bits per heavy atom. The van der Waals surface area contributed by atoms with Gasteiger partial charge in [0, 0.05) is 18.2 Å². The zero-order valence-electron chi connectivity index (χ0n) is 19.5. The molecular formula is C24H34O9. The Kier molecular flexibility index (Phi) is 14.3. The van der Waals surface area contributed by atoms with E-state index in [0.29, 0.717) is 12.8 Å². The summed E-state index contributed by atoms with van der Waals surface area (Å²) in [6.45, 7) is 16.4. The molecule has 1 unspecified atom stereocenters. The Bertz CT molecular complexity index is 615. The van der Waals surface area contributed by atoms with Crippen LogP contribution in [0.5, 0.6) is 0 Å². The normalized spacial score (nSPS) is 12.5. The molecule has 0 fully saturated rings. The minimum Gasteiger partial charge on any atom is -0.462 e. The molecule has 0 N–H and O–H groups in total. The Morgan fingerprint density at radius 2 is 1.15 bits per heavy atom. The summed E-state index contributed by atoms with van der Waals surface area (Å²) in [4.78, 5) is 46.4. The van der Waals surface area contributed by atoms with Crippen LogP contribution in [0.25, 0.3) is 0 Å². The highest BCUT2D eigenvalue weighted by Gasteiger charge is 2.36. The first-order valence-electron chi connectivity index (χ1n) is 10.4. The van der Waals surface area contributed by atoms with E-state index in [-0.39, 0.29) is 45.4 Å². The summed E-state index contributed by atoms with van der Waals surface area (Å²) in [6, 6.07) is 0. The van der Waals surface area contributed by atoms with Crippen LogP contribution in [-0.4, -0.2) is 68.9 Å². The minimum absolute atomic E-state index is 0.00820. The summed E-state index contributed by atoms with van der Waals surface area (Å²) >= 11 is 0. The van der Waals surface area contributed by atoms with Crippen LogP contribution in [0, 0.1) is 5.41 Å². The molecule has 0 amide bonds. The predicted octanol–water partition coefficient (Wildman–Crippen LogP) is 2.51. The SMILES string of the molecule is C=CC(=O)COC(CC)(COCC(CC)(COC(=O)C=C)COC(=O)C=C)COC(=O)C=C. The van der Waals surface area contributed by atoms with Gasteiger partial charge in [0.05, 0.1) is 18.6 Å². The van der Waals surface area contributed by atoms with E-state index in [1.807, 2.05) is 6.92 Å². The molecule has 0 aromatic rings. The lowest BCUT2D eigenvalue weighted by Gasteiger charge is -2.35. The van der Waals surface area contributed by atoms with Gasteiger partial charge in [0.2, 0.25) is 0 Å². The summed E-state index contributed by atoms with van der Waals surface area (Å²) in [7, 11) is 0. The molecule has 0 aliphatic carbocycles. The standard InChI is InChI=1S/C24H34O9/c1-7-19(25)13-33-24(12-6,18-32-22(28)10-4)17-29-14-23(11-5,15-30-20(26)8-2)16-31-21(27)9-3/h7-10H,1-4,11-18H2,5-6H3. The third-order valence-electron chi connectivity index (χ3n) is 4.93. The van der Waals surface area contributed by atoms with Crippen LogP contribution in [0.3, 0.4) is 0 Å². The second-order valence-corrected chi connectivity index (χ2v) is 7.28. The van der Waals surface area contributed by atoms with Crippen LogP contribution < -0.4 is 0 Å². The van der Waals surface area contributed by atoms with Gasteiger partial charge in [-0.25, -0.2) is 14.4 Å². The second-order valence-electron chi connectivity index (χ2n) is 7.28. The van der Waals surface area contributed by atoms with Crippen LogP contribution in [0.15, 0.2) is 50.6 Å². The number of rotatable bonds is 19. The topological polar surface area (TPSA) is 114 Å². The molecule has 0 aromatic carbocycles. The maximum atomic E-state index is 11.7. The van der Waals surface area contributed by atoms with Crippen molar-refractivity contribution in [3.05, 3.63) is 50.6 Å². The summed E-state index contributed by atoms with van der Waals surface area (Å²) in [6.07, 6.45) is 4.97. The van der Waals surface area contributed by atoms with Crippen LogP contribution in [0.4, 0.5) is 0 Å². The third-order valence-corrected chi connectivity index (χ3v) is 4.93. The summed E-state index contributed by atoms with van der Waals surface area (Å²) < 4.78 is 27.2. The maximum Gasteiger partial charge on any atom is 0.330 e. The maximum absolute atomic E-state index is 11.7. The fourth-order valence-corrected chi connectivity index (χ4v) is 2.43. The van der Waals surface area contributed by atoms with Gasteiger partial charge in [-0.3, -0.25) is 4.79 Å². The Balaban J connectivity index is 5.50. The molecule has 0 saturated carbocycles. The molecule has 0 aliphatic rings. The highest BCUT2D eigenvalue weighted by molar-refractivity contribution is 5.90. The first-order chi connectivity index (χ1) is 15.6. The molecule has 9 heteroatoms. The minimum atomic E-state index is -1.13. The van der Waals surface area contributed by atoms with Crippen molar-refractivity contribution in [1.82, 2.24) is 0 Å². The van der Waals surface area contributed by atoms with Crippen molar-refractivity contribution in [2.45, 2.75) is 32.3 Å². The quantitative estimate of drug-likeness (QED) is 0.161. The lowest BCUT2D eigenvalue weighted by molar-refractivity contribution is -0.170. The van der Waals surface area contributed by atoms with Crippen LogP contribution in [0.2, 0.25) is 0 Å². The molecule has 0 aliphatic heterocycles. The Labute approximate surface area is 195 Å². The largest absolute Gasteiger partial charge is 0.462 e. The summed E-state index contributed by atoms with van der Waals surface area (Å²) in [5.41, 5.74) is -2.00. The first kappa shape index (κ1) is 30.0. The van der Waals surface area contributed by atoms with Crippen molar-refractivity contribution < 1.29 is 42.9 Å². The summed E-state index contributed by atoms with van der Waals surface area (Å²) in [5, 5.41) is 0. The van der Waals surface area contributed by atoms with Gasteiger partial charge in [-0.05, 0) is 18.9 Å². The van der Waals surface area contributed by atoms with E-state index in [1.54, 1.807) is 6.92 Å². The van der Waals surface area contributed by atoms with Crippen molar-refractivity contribution in [3.8, 4) is 0 Å². The fourth-order valence-electron chi connectivity index (χ4n) is 2.43. The molecule has 0 spiro atoms. The highest BCUT2D eigenvalue weighted by atomic mass is 16.6. The first-order valence-corrected chi connectivity index (χ1v) is 10.4. The molecule has 0 heterocycles. The Hall–Kier alpha value is -3.04. The lowest BCUT2D eigenvalue weighted by atomic mass is 9.87. The van der Waals surface area contributed by atoms with Gasteiger partial charge >= 0.3 is 17.9 Å². The van der Waals surface area contributed by atoms with Gasteiger partial charge in [0.25, 0.3) is 0 Å². The molecule has 0 bridgehead atoms. The number of carbonyl (C=O) groups excluding carboxylic acids is 4.